The summed E-state index contributed by atoms with van der Waals surface area (Å²) in [6.45, 7) is 8.71. The quantitative estimate of drug-likeness (QED) is 0.627. The molecule has 13 heavy (non-hydrogen) atoms. The molecular weight excluding hydrogens is 158 g/mol. The Hall–Kier alpha value is -0.300. The van der Waals surface area contributed by atoms with Crippen molar-refractivity contribution in [1.82, 2.24) is 0 Å². The van der Waals surface area contributed by atoms with E-state index < -0.39 is 0 Å². The van der Waals surface area contributed by atoms with E-state index in [1.165, 1.54) is 31.3 Å². The van der Waals surface area contributed by atoms with E-state index in [2.05, 4.69) is 33.8 Å². The summed E-state index contributed by atoms with van der Waals surface area (Å²) >= 11 is 0. The number of rotatable bonds is 6. The fourth-order valence-corrected chi connectivity index (χ4v) is 1.66. The molecule has 2 N–H and O–H groups in total. The molecule has 0 aromatic heterocycles. The van der Waals surface area contributed by atoms with Crippen LogP contribution in [-0.4, -0.2) is 6.04 Å². The molecule has 0 fully saturated rings. The average Bonchev–Trinajstić information content (AvgIpc) is 2.04. The van der Waals surface area contributed by atoms with Gasteiger partial charge in [0, 0.05) is 6.04 Å². The maximum Gasteiger partial charge on any atom is 0.0254 e. The number of hydrogen-bond donors (Lipinski definition) is 1. The van der Waals surface area contributed by atoms with E-state index in [-0.39, 0.29) is 6.04 Å². The molecule has 0 amide bonds. The number of unbranched alkanes of at least 4 members (excludes halogenated alkanes) is 1. The Morgan fingerprint density at radius 1 is 1.31 bits per heavy atom. The normalized spacial score (nSPS) is 15.2. The Morgan fingerprint density at radius 2 is 1.92 bits per heavy atom. The highest BCUT2D eigenvalue weighted by Crippen LogP contribution is 2.17. The SMILES string of the molecule is CCCCC(CC)C(N)C=C(C)C. The molecule has 1 nitrogen and oxygen atoms in total. The van der Waals surface area contributed by atoms with E-state index in [1.54, 1.807) is 0 Å². The van der Waals surface area contributed by atoms with Gasteiger partial charge in [0.15, 0.2) is 0 Å². The molecule has 0 spiro atoms. The zero-order valence-electron chi connectivity index (χ0n) is 9.64. The molecule has 0 aliphatic heterocycles. The molecule has 78 valence electrons. The van der Waals surface area contributed by atoms with Crippen molar-refractivity contribution in [3.8, 4) is 0 Å². The molecule has 0 aromatic rings. The van der Waals surface area contributed by atoms with Gasteiger partial charge in [-0.2, -0.15) is 0 Å². The Bertz CT molecular complexity index is 145. The Balaban J connectivity index is 3.99. The lowest BCUT2D eigenvalue weighted by molar-refractivity contribution is 0.411. The molecule has 2 atom stereocenters. The molecule has 2 unspecified atom stereocenters. The molecule has 0 aliphatic rings. The van der Waals surface area contributed by atoms with E-state index in [9.17, 15) is 0 Å². The maximum absolute atomic E-state index is 6.09. The summed E-state index contributed by atoms with van der Waals surface area (Å²) < 4.78 is 0. The van der Waals surface area contributed by atoms with Crippen molar-refractivity contribution >= 4 is 0 Å². The van der Waals surface area contributed by atoms with Gasteiger partial charge in [-0.1, -0.05) is 44.8 Å². The molecule has 0 aliphatic carbocycles. The van der Waals surface area contributed by atoms with Crippen LogP contribution in [0.15, 0.2) is 11.6 Å². The minimum absolute atomic E-state index is 0.265. The second kappa shape index (κ2) is 7.14. The molecule has 0 radical (unpaired) electrons. The van der Waals surface area contributed by atoms with Gasteiger partial charge in [-0.25, -0.2) is 0 Å². The highest BCUT2D eigenvalue weighted by Gasteiger charge is 2.12. The summed E-state index contributed by atoms with van der Waals surface area (Å²) in [7, 11) is 0. The topological polar surface area (TPSA) is 26.0 Å². The monoisotopic (exact) mass is 183 g/mol. The van der Waals surface area contributed by atoms with Crippen molar-refractivity contribution in [3.63, 3.8) is 0 Å². The highest BCUT2D eigenvalue weighted by atomic mass is 14.6. The van der Waals surface area contributed by atoms with Crippen molar-refractivity contribution in [3.05, 3.63) is 11.6 Å². The first-order valence-corrected chi connectivity index (χ1v) is 5.52. The summed E-state index contributed by atoms with van der Waals surface area (Å²) in [6, 6.07) is 0.265. The van der Waals surface area contributed by atoms with Crippen LogP contribution in [0.2, 0.25) is 0 Å². The predicted octanol–water partition coefficient (Wildman–Crippen LogP) is 3.50. The van der Waals surface area contributed by atoms with Crippen LogP contribution in [0.5, 0.6) is 0 Å². The minimum Gasteiger partial charge on any atom is -0.324 e. The van der Waals surface area contributed by atoms with Crippen LogP contribution < -0.4 is 5.73 Å². The predicted molar refractivity (Wildman–Crippen MR) is 60.7 cm³/mol. The molecular formula is C12H25N. The number of allylic oxidation sites excluding steroid dienone is 1. The fraction of sp³-hybridized carbons (Fsp3) is 0.833. The summed E-state index contributed by atoms with van der Waals surface area (Å²) in [6.07, 6.45) is 7.26. The summed E-state index contributed by atoms with van der Waals surface area (Å²) in [5.41, 5.74) is 7.43. The first-order chi connectivity index (χ1) is 6.11. The zero-order chi connectivity index (χ0) is 10.3. The van der Waals surface area contributed by atoms with Gasteiger partial charge >= 0.3 is 0 Å². The Morgan fingerprint density at radius 3 is 2.31 bits per heavy atom. The Labute approximate surface area is 83.4 Å². The third-order valence-electron chi connectivity index (χ3n) is 2.52. The van der Waals surface area contributed by atoms with E-state index in [4.69, 9.17) is 5.73 Å². The third kappa shape index (κ3) is 5.87. The standard InChI is InChI=1S/C12H25N/c1-5-7-8-11(6-2)12(13)9-10(3)4/h9,11-12H,5-8,13H2,1-4H3. The van der Waals surface area contributed by atoms with Gasteiger partial charge in [0.2, 0.25) is 0 Å². The fourth-order valence-electron chi connectivity index (χ4n) is 1.66. The van der Waals surface area contributed by atoms with Gasteiger partial charge < -0.3 is 5.73 Å². The maximum atomic E-state index is 6.09. The average molecular weight is 183 g/mol. The summed E-state index contributed by atoms with van der Waals surface area (Å²) in [4.78, 5) is 0. The Kier molecular flexibility index (Phi) is 6.97. The van der Waals surface area contributed by atoms with Crippen molar-refractivity contribution in [2.24, 2.45) is 11.7 Å². The molecule has 0 heterocycles. The first-order valence-electron chi connectivity index (χ1n) is 5.52. The van der Waals surface area contributed by atoms with Crippen molar-refractivity contribution in [2.75, 3.05) is 0 Å². The minimum atomic E-state index is 0.265. The van der Waals surface area contributed by atoms with Crippen LogP contribution >= 0.6 is 0 Å². The third-order valence-corrected chi connectivity index (χ3v) is 2.52. The van der Waals surface area contributed by atoms with Gasteiger partial charge in [0.1, 0.15) is 0 Å². The number of hydrogen-bond acceptors (Lipinski definition) is 1. The van der Waals surface area contributed by atoms with Crippen LogP contribution in [0, 0.1) is 5.92 Å². The molecule has 0 saturated heterocycles. The first kappa shape index (κ1) is 12.7. The van der Waals surface area contributed by atoms with Crippen LogP contribution in [0.3, 0.4) is 0 Å². The van der Waals surface area contributed by atoms with E-state index in [0.29, 0.717) is 5.92 Å². The van der Waals surface area contributed by atoms with Crippen LogP contribution in [0.4, 0.5) is 0 Å². The number of nitrogens with two attached hydrogens (primary N) is 1. The van der Waals surface area contributed by atoms with Gasteiger partial charge in [-0.05, 0) is 26.2 Å². The lowest BCUT2D eigenvalue weighted by Crippen LogP contribution is -2.27. The van der Waals surface area contributed by atoms with Gasteiger partial charge in [0.05, 0.1) is 0 Å². The van der Waals surface area contributed by atoms with E-state index in [0.717, 1.165) is 0 Å². The summed E-state index contributed by atoms with van der Waals surface area (Å²) in [5, 5.41) is 0. The zero-order valence-corrected chi connectivity index (χ0v) is 9.64. The molecule has 1 heteroatoms. The second-order valence-electron chi connectivity index (χ2n) is 4.13. The van der Waals surface area contributed by atoms with Gasteiger partial charge in [-0.15, -0.1) is 0 Å². The second-order valence-corrected chi connectivity index (χ2v) is 4.13. The van der Waals surface area contributed by atoms with E-state index >= 15 is 0 Å². The van der Waals surface area contributed by atoms with Crippen molar-refractivity contribution < 1.29 is 0 Å². The molecule has 0 rings (SSSR count). The van der Waals surface area contributed by atoms with Crippen LogP contribution in [0.25, 0.3) is 0 Å². The van der Waals surface area contributed by atoms with Crippen LogP contribution in [-0.2, 0) is 0 Å². The van der Waals surface area contributed by atoms with Gasteiger partial charge in [0.25, 0.3) is 0 Å². The van der Waals surface area contributed by atoms with Crippen LogP contribution in [0.1, 0.15) is 53.4 Å². The lowest BCUT2D eigenvalue weighted by atomic mass is 9.91. The molecule has 0 saturated carbocycles. The molecule has 0 aromatic carbocycles. The van der Waals surface area contributed by atoms with Gasteiger partial charge in [-0.3, -0.25) is 0 Å². The molecule has 0 bridgehead atoms. The van der Waals surface area contributed by atoms with Crippen molar-refractivity contribution in [1.29, 1.82) is 0 Å². The highest BCUT2D eigenvalue weighted by molar-refractivity contribution is 5.01. The summed E-state index contributed by atoms with van der Waals surface area (Å²) in [5.74, 6) is 0.676. The van der Waals surface area contributed by atoms with E-state index in [1.807, 2.05) is 0 Å². The van der Waals surface area contributed by atoms with Crippen molar-refractivity contribution in [2.45, 2.75) is 59.4 Å². The lowest BCUT2D eigenvalue weighted by Gasteiger charge is -2.19. The smallest absolute Gasteiger partial charge is 0.0254 e. The largest absolute Gasteiger partial charge is 0.324 e.